The summed E-state index contributed by atoms with van der Waals surface area (Å²) >= 11 is 14.9. The second-order valence-electron chi connectivity index (χ2n) is 3.45. The van der Waals surface area contributed by atoms with Gasteiger partial charge in [-0.1, -0.05) is 39.1 Å². The average Bonchev–Trinajstić information content (AvgIpc) is 2.28. The van der Waals surface area contributed by atoms with E-state index in [-0.39, 0.29) is 10.0 Å². The van der Waals surface area contributed by atoms with Crippen LogP contribution in [-0.2, 0) is 0 Å². The fourth-order valence-electron chi connectivity index (χ4n) is 1.44. The molecule has 0 bridgehead atoms. The summed E-state index contributed by atoms with van der Waals surface area (Å²) in [5.74, 6) is 0. The number of rotatable bonds is 1. The normalized spacial score (nSPS) is 10.6. The average molecular weight is 334 g/mol. The zero-order valence-corrected chi connectivity index (χ0v) is 11.8. The highest BCUT2D eigenvalue weighted by Crippen LogP contribution is 2.20. The van der Waals surface area contributed by atoms with Gasteiger partial charge in [0.2, 0.25) is 0 Å². The highest BCUT2D eigenvalue weighted by Gasteiger charge is 2.10. The summed E-state index contributed by atoms with van der Waals surface area (Å²) < 4.78 is 2.17. The standard InChI is InChI=1S/C11H7BrCl2N2O/c1-6-4-7(12)2-3-9(6)16-11(17)10(14)8(13)5-15-16/h2-5H,1H3. The lowest BCUT2D eigenvalue weighted by molar-refractivity contribution is 0.801. The van der Waals surface area contributed by atoms with E-state index < -0.39 is 5.56 Å². The number of aromatic nitrogens is 2. The summed E-state index contributed by atoms with van der Waals surface area (Å²) in [6, 6.07) is 5.52. The van der Waals surface area contributed by atoms with E-state index in [4.69, 9.17) is 23.2 Å². The van der Waals surface area contributed by atoms with Gasteiger partial charge in [-0.3, -0.25) is 4.79 Å². The molecule has 0 spiro atoms. The molecule has 0 fully saturated rings. The number of aryl methyl sites for hydroxylation is 1. The number of hydrogen-bond donors (Lipinski definition) is 0. The molecule has 2 aromatic rings. The first-order valence-electron chi connectivity index (χ1n) is 4.70. The molecular weight excluding hydrogens is 327 g/mol. The summed E-state index contributed by atoms with van der Waals surface area (Å²) in [7, 11) is 0. The summed E-state index contributed by atoms with van der Waals surface area (Å²) in [5, 5.41) is 4.10. The van der Waals surface area contributed by atoms with E-state index in [0.717, 1.165) is 10.0 Å². The van der Waals surface area contributed by atoms with Gasteiger partial charge in [0, 0.05) is 4.47 Å². The van der Waals surface area contributed by atoms with Gasteiger partial charge in [-0.15, -0.1) is 0 Å². The van der Waals surface area contributed by atoms with Gasteiger partial charge >= 0.3 is 0 Å². The lowest BCUT2D eigenvalue weighted by atomic mass is 10.2. The van der Waals surface area contributed by atoms with E-state index in [9.17, 15) is 4.79 Å². The Morgan fingerprint density at radius 3 is 2.71 bits per heavy atom. The monoisotopic (exact) mass is 332 g/mol. The van der Waals surface area contributed by atoms with E-state index in [1.807, 2.05) is 19.1 Å². The summed E-state index contributed by atoms with van der Waals surface area (Å²) in [4.78, 5) is 11.9. The van der Waals surface area contributed by atoms with E-state index in [2.05, 4.69) is 21.0 Å². The molecule has 0 aliphatic carbocycles. The van der Waals surface area contributed by atoms with E-state index in [0.29, 0.717) is 5.69 Å². The van der Waals surface area contributed by atoms with Crippen molar-refractivity contribution in [3.8, 4) is 5.69 Å². The maximum atomic E-state index is 11.9. The van der Waals surface area contributed by atoms with Gasteiger partial charge in [-0.05, 0) is 30.7 Å². The van der Waals surface area contributed by atoms with E-state index in [1.165, 1.54) is 10.9 Å². The number of halogens is 3. The Kier molecular flexibility index (Phi) is 3.56. The first kappa shape index (κ1) is 12.6. The van der Waals surface area contributed by atoms with Crippen molar-refractivity contribution in [2.45, 2.75) is 6.92 Å². The van der Waals surface area contributed by atoms with Crippen molar-refractivity contribution < 1.29 is 0 Å². The minimum absolute atomic E-state index is 0.0241. The van der Waals surface area contributed by atoms with Gasteiger partial charge in [-0.25, -0.2) is 0 Å². The van der Waals surface area contributed by atoms with Crippen LogP contribution >= 0.6 is 39.1 Å². The smallest absolute Gasteiger partial charge is 0.266 e. The second kappa shape index (κ2) is 4.80. The molecule has 0 aliphatic rings. The lowest BCUT2D eigenvalue weighted by Gasteiger charge is -2.08. The van der Waals surface area contributed by atoms with Gasteiger partial charge in [0.1, 0.15) is 5.02 Å². The molecule has 0 saturated carbocycles. The van der Waals surface area contributed by atoms with Gasteiger partial charge in [0.15, 0.2) is 0 Å². The van der Waals surface area contributed by atoms with Crippen molar-refractivity contribution in [2.24, 2.45) is 0 Å². The molecule has 17 heavy (non-hydrogen) atoms. The zero-order valence-electron chi connectivity index (χ0n) is 8.75. The second-order valence-corrected chi connectivity index (χ2v) is 5.16. The molecule has 1 heterocycles. The molecule has 0 unspecified atom stereocenters. The Morgan fingerprint density at radius 2 is 2.06 bits per heavy atom. The largest absolute Gasteiger partial charge is 0.291 e. The predicted octanol–water partition coefficient (Wildman–Crippen LogP) is 3.61. The van der Waals surface area contributed by atoms with Crippen molar-refractivity contribution in [2.75, 3.05) is 0 Å². The van der Waals surface area contributed by atoms with Gasteiger partial charge < -0.3 is 0 Å². The molecule has 1 aromatic heterocycles. The predicted molar refractivity (Wildman–Crippen MR) is 72.3 cm³/mol. The van der Waals surface area contributed by atoms with Crippen LogP contribution in [0.5, 0.6) is 0 Å². The molecule has 2 rings (SSSR count). The Labute approximate surface area is 116 Å². The van der Waals surface area contributed by atoms with Crippen LogP contribution in [0.4, 0.5) is 0 Å². The third-order valence-electron chi connectivity index (χ3n) is 2.26. The van der Waals surface area contributed by atoms with E-state index >= 15 is 0 Å². The van der Waals surface area contributed by atoms with E-state index in [1.54, 1.807) is 6.07 Å². The van der Waals surface area contributed by atoms with Gasteiger partial charge in [-0.2, -0.15) is 9.78 Å². The lowest BCUT2D eigenvalue weighted by Crippen LogP contribution is -2.22. The Balaban J connectivity index is 2.70. The maximum Gasteiger partial charge on any atom is 0.291 e. The van der Waals surface area contributed by atoms with Crippen LogP contribution in [0, 0.1) is 6.92 Å². The molecular formula is C11H7BrCl2N2O. The van der Waals surface area contributed by atoms with Crippen molar-refractivity contribution in [3.63, 3.8) is 0 Å². The van der Waals surface area contributed by atoms with Crippen molar-refractivity contribution in [1.29, 1.82) is 0 Å². The molecule has 6 heteroatoms. The highest BCUT2D eigenvalue weighted by molar-refractivity contribution is 9.10. The van der Waals surface area contributed by atoms with Crippen LogP contribution in [0.2, 0.25) is 10.0 Å². The highest BCUT2D eigenvalue weighted by atomic mass is 79.9. The number of nitrogens with zero attached hydrogens (tertiary/aromatic N) is 2. The fraction of sp³-hybridized carbons (Fsp3) is 0.0909. The Bertz CT molecular complexity index is 640. The molecule has 0 amide bonds. The van der Waals surface area contributed by atoms with Crippen molar-refractivity contribution >= 4 is 39.1 Å². The minimum Gasteiger partial charge on any atom is -0.266 e. The zero-order chi connectivity index (χ0) is 12.6. The molecule has 0 radical (unpaired) electrons. The van der Waals surface area contributed by atoms with Crippen LogP contribution in [0.1, 0.15) is 5.56 Å². The Hall–Kier alpha value is -0.840. The molecule has 0 saturated heterocycles. The number of hydrogen-bond acceptors (Lipinski definition) is 2. The maximum absolute atomic E-state index is 11.9. The first-order chi connectivity index (χ1) is 8.00. The van der Waals surface area contributed by atoms with Crippen LogP contribution in [0.15, 0.2) is 33.7 Å². The van der Waals surface area contributed by atoms with Crippen LogP contribution in [0.3, 0.4) is 0 Å². The minimum atomic E-state index is -0.426. The Morgan fingerprint density at radius 1 is 1.35 bits per heavy atom. The van der Waals surface area contributed by atoms with Crippen LogP contribution in [-0.4, -0.2) is 9.78 Å². The summed E-state index contributed by atoms with van der Waals surface area (Å²) in [5.41, 5.74) is 1.16. The summed E-state index contributed by atoms with van der Waals surface area (Å²) in [6.07, 6.45) is 1.35. The third kappa shape index (κ3) is 2.39. The fourth-order valence-corrected chi connectivity index (χ4v) is 2.17. The SMILES string of the molecule is Cc1cc(Br)ccc1-n1ncc(Cl)c(Cl)c1=O. The molecule has 88 valence electrons. The van der Waals surface area contributed by atoms with Gasteiger partial charge in [0.25, 0.3) is 5.56 Å². The molecule has 0 N–H and O–H groups in total. The molecule has 0 atom stereocenters. The molecule has 3 nitrogen and oxygen atoms in total. The number of benzene rings is 1. The van der Waals surface area contributed by atoms with Crippen LogP contribution in [0.25, 0.3) is 5.69 Å². The first-order valence-corrected chi connectivity index (χ1v) is 6.25. The topological polar surface area (TPSA) is 34.9 Å². The van der Waals surface area contributed by atoms with Crippen molar-refractivity contribution in [3.05, 3.63) is 54.8 Å². The van der Waals surface area contributed by atoms with Crippen molar-refractivity contribution in [1.82, 2.24) is 9.78 Å². The molecule has 0 aliphatic heterocycles. The van der Waals surface area contributed by atoms with Crippen LogP contribution < -0.4 is 5.56 Å². The summed E-state index contributed by atoms with van der Waals surface area (Å²) in [6.45, 7) is 1.89. The molecule has 1 aromatic carbocycles. The van der Waals surface area contributed by atoms with Gasteiger partial charge in [0.05, 0.1) is 16.9 Å². The quantitative estimate of drug-likeness (QED) is 0.799. The third-order valence-corrected chi connectivity index (χ3v) is 3.51.